The fraction of sp³-hybridized carbons (Fsp3) is 0.154. The molecule has 0 amide bonds. The van der Waals surface area contributed by atoms with E-state index in [9.17, 15) is 9.59 Å². The van der Waals surface area contributed by atoms with Crippen LogP contribution < -0.4 is 18.9 Å². The fourth-order valence-corrected chi connectivity index (χ4v) is 3.79. The molecule has 0 fully saturated rings. The van der Waals surface area contributed by atoms with Gasteiger partial charge in [-0.1, -0.05) is 34.1 Å². The van der Waals surface area contributed by atoms with Gasteiger partial charge in [0.05, 0.1) is 19.8 Å². The number of ether oxygens (including phenoxy) is 4. The largest absolute Gasteiger partial charge is 0.493 e. The zero-order valence-electron chi connectivity index (χ0n) is 18.3. The standard InChI is InChI=1S/C26H21BrO6/c1-15-10-19(32-14-20(28)17-5-7-18(27)8-6-17)13-23-25(15)26(29)24(33-23)12-16-4-9-21(30-2)22(11-16)31-3/h4-13H,14H2,1-3H3/b24-12-. The average Bonchev–Trinajstić information content (AvgIpc) is 3.13. The zero-order chi connectivity index (χ0) is 23.5. The van der Waals surface area contributed by atoms with E-state index in [0.717, 1.165) is 10.0 Å². The van der Waals surface area contributed by atoms with Crippen molar-refractivity contribution in [3.63, 3.8) is 0 Å². The van der Waals surface area contributed by atoms with Crippen LogP contribution in [0.15, 0.2) is 64.8 Å². The molecule has 33 heavy (non-hydrogen) atoms. The highest BCUT2D eigenvalue weighted by Gasteiger charge is 2.30. The molecule has 6 nitrogen and oxygen atoms in total. The lowest BCUT2D eigenvalue weighted by Crippen LogP contribution is -2.11. The Morgan fingerprint density at radius 1 is 1.00 bits per heavy atom. The van der Waals surface area contributed by atoms with E-state index < -0.39 is 0 Å². The number of rotatable bonds is 7. The second-order valence-corrected chi connectivity index (χ2v) is 8.30. The number of carbonyl (C=O) groups is 2. The average molecular weight is 509 g/mol. The minimum Gasteiger partial charge on any atom is -0.493 e. The Labute approximate surface area is 199 Å². The maximum absolute atomic E-state index is 12.9. The van der Waals surface area contributed by atoms with E-state index in [-0.39, 0.29) is 23.9 Å². The zero-order valence-corrected chi connectivity index (χ0v) is 19.9. The van der Waals surface area contributed by atoms with Gasteiger partial charge >= 0.3 is 0 Å². The van der Waals surface area contributed by atoms with E-state index in [2.05, 4.69) is 15.9 Å². The highest BCUT2D eigenvalue weighted by molar-refractivity contribution is 9.10. The predicted octanol–water partition coefficient (Wildman–Crippen LogP) is 5.65. The van der Waals surface area contributed by atoms with Crippen molar-refractivity contribution >= 4 is 33.6 Å². The monoisotopic (exact) mass is 508 g/mol. The van der Waals surface area contributed by atoms with Crippen LogP contribution in [0.1, 0.15) is 31.8 Å². The molecule has 0 aromatic heterocycles. The summed E-state index contributed by atoms with van der Waals surface area (Å²) in [7, 11) is 3.11. The Balaban J connectivity index is 1.53. The smallest absolute Gasteiger partial charge is 0.232 e. The van der Waals surface area contributed by atoms with Crippen molar-refractivity contribution in [1.82, 2.24) is 0 Å². The molecule has 0 aliphatic carbocycles. The maximum Gasteiger partial charge on any atom is 0.232 e. The molecule has 7 heteroatoms. The van der Waals surface area contributed by atoms with Gasteiger partial charge in [0.2, 0.25) is 5.78 Å². The van der Waals surface area contributed by atoms with Gasteiger partial charge in [0.1, 0.15) is 11.5 Å². The number of fused-ring (bicyclic) bond motifs is 1. The normalized spacial score (nSPS) is 13.5. The van der Waals surface area contributed by atoms with Gasteiger partial charge in [-0.15, -0.1) is 0 Å². The number of aryl methyl sites for hydroxylation is 1. The van der Waals surface area contributed by atoms with Gasteiger partial charge in [0.25, 0.3) is 0 Å². The lowest BCUT2D eigenvalue weighted by molar-refractivity contribution is 0.0920. The molecule has 3 aromatic carbocycles. The third-order valence-corrected chi connectivity index (χ3v) is 5.71. The molecule has 1 aliphatic heterocycles. The summed E-state index contributed by atoms with van der Waals surface area (Å²) in [5.74, 6) is 1.84. The molecule has 0 N–H and O–H groups in total. The summed E-state index contributed by atoms with van der Waals surface area (Å²) in [6, 6.07) is 15.8. The topological polar surface area (TPSA) is 71.1 Å². The number of halogens is 1. The first kappa shape index (κ1) is 22.6. The molecule has 0 saturated heterocycles. The minimum atomic E-state index is -0.213. The molecular weight excluding hydrogens is 488 g/mol. The van der Waals surface area contributed by atoms with Crippen molar-refractivity contribution in [2.45, 2.75) is 6.92 Å². The van der Waals surface area contributed by atoms with Crippen molar-refractivity contribution in [3.8, 4) is 23.0 Å². The number of hydrogen-bond donors (Lipinski definition) is 0. The number of methoxy groups -OCH3 is 2. The number of ketones is 2. The number of Topliss-reactive ketones (excluding diaryl/α,β-unsaturated/α-hetero) is 2. The summed E-state index contributed by atoms with van der Waals surface area (Å²) in [5, 5.41) is 0. The molecule has 3 aromatic rings. The van der Waals surface area contributed by atoms with E-state index in [4.69, 9.17) is 18.9 Å². The third-order valence-electron chi connectivity index (χ3n) is 5.19. The number of carbonyl (C=O) groups excluding carboxylic acids is 2. The Morgan fingerprint density at radius 2 is 1.73 bits per heavy atom. The first-order valence-electron chi connectivity index (χ1n) is 10.1. The Morgan fingerprint density at radius 3 is 2.42 bits per heavy atom. The summed E-state index contributed by atoms with van der Waals surface area (Å²) in [6.07, 6.45) is 1.65. The van der Waals surface area contributed by atoms with Gasteiger partial charge in [-0.05, 0) is 54.5 Å². The first-order chi connectivity index (χ1) is 15.9. The highest BCUT2D eigenvalue weighted by Crippen LogP contribution is 2.38. The van der Waals surface area contributed by atoms with Gasteiger partial charge in [0, 0.05) is 16.1 Å². The van der Waals surface area contributed by atoms with Crippen molar-refractivity contribution in [2.24, 2.45) is 0 Å². The van der Waals surface area contributed by atoms with Crippen LogP contribution in [-0.2, 0) is 0 Å². The Hall–Kier alpha value is -3.58. The molecule has 0 saturated carbocycles. The van der Waals surface area contributed by atoms with E-state index in [1.807, 2.05) is 13.0 Å². The predicted molar refractivity (Wildman–Crippen MR) is 128 cm³/mol. The van der Waals surface area contributed by atoms with Crippen LogP contribution in [0.4, 0.5) is 0 Å². The van der Waals surface area contributed by atoms with Crippen LogP contribution in [0.5, 0.6) is 23.0 Å². The van der Waals surface area contributed by atoms with Crippen molar-refractivity contribution in [3.05, 3.63) is 87.1 Å². The van der Waals surface area contributed by atoms with Gasteiger partial charge < -0.3 is 18.9 Å². The van der Waals surface area contributed by atoms with Gasteiger partial charge in [0.15, 0.2) is 29.6 Å². The SMILES string of the molecule is COc1ccc(/C=C2\Oc3cc(OCC(=O)c4ccc(Br)cc4)cc(C)c3C2=O)cc1OC. The molecule has 0 bridgehead atoms. The summed E-state index contributed by atoms with van der Waals surface area (Å²) >= 11 is 3.35. The Kier molecular flexibility index (Phi) is 6.51. The maximum atomic E-state index is 12.9. The molecule has 4 rings (SSSR count). The molecule has 1 aliphatic rings. The third kappa shape index (κ3) is 4.78. The number of benzene rings is 3. The summed E-state index contributed by atoms with van der Waals surface area (Å²) in [5.41, 5.74) is 2.48. The van der Waals surface area contributed by atoms with Crippen LogP contribution in [0.25, 0.3) is 6.08 Å². The summed E-state index contributed by atoms with van der Waals surface area (Å²) in [6.45, 7) is 1.69. The van der Waals surface area contributed by atoms with Gasteiger partial charge in [-0.3, -0.25) is 9.59 Å². The van der Waals surface area contributed by atoms with E-state index >= 15 is 0 Å². The molecule has 0 radical (unpaired) electrons. The van der Waals surface area contributed by atoms with Crippen LogP contribution in [0, 0.1) is 6.92 Å². The molecule has 0 spiro atoms. The van der Waals surface area contributed by atoms with E-state index in [0.29, 0.717) is 39.7 Å². The quantitative estimate of drug-likeness (QED) is 0.303. The van der Waals surface area contributed by atoms with Gasteiger partial charge in [-0.2, -0.15) is 0 Å². The van der Waals surface area contributed by atoms with Crippen molar-refractivity contribution in [2.75, 3.05) is 20.8 Å². The minimum absolute atomic E-state index is 0.123. The van der Waals surface area contributed by atoms with Crippen LogP contribution in [0.3, 0.4) is 0 Å². The summed E-state index contributed by atoms with van der Waals surface area (Å²) in [4.78, 5) is 25.3. The van der Waals surface area contributed by atoms with Crippen LogP contribution >= 0.6 is 15.9 Å². The second kappa shape index (κ2) is 9.50. The molecule has 0 atom stereocenters. The van der Waals surface area contributed by atoms with E-state index in [1.54, 1.807) is 68.8 Å². The first-order valence-corrected chi connectivity index (χ1v) is 10.9. The molecule has 168 valence electrons. The van der Waals surface area contributed by atoms with Crippen molar-refractivity contribution in [1.29, 1.82) is 0 Å². The number of hydrogen-bond acceptors (Lipinski definition) is 6. The summed E-state index contributed by atoms with van der Waals surface area (Å²) < 4.78 is 23.0. The molecule has 1 heterocycles. The molecule has 0 unspecified atom stereocenters. The van der Waals surface area contributed by atoms with Crippen LogP contribution in [-0.4, -0.2) is 32.4 Å². The lowest BCUT2D eigenvalue weighted by Gasteiger charge is -2.09. The van der Waals surface area contributed by atoms with Gasteiger partial charge in [-0.25, -0.2) is 0 Å². The highest BCUT2D eigenvalue weighted by atomic mass is 79.9. The van der Waals surface area contributed by atoms with Crippen molar-refractivity contribution < 1.29 is 28.5 Å². The number of allylic oxidation sites excluding steroid dienone is 1. The lowest BCUT2D eigenvalue weighted by atomic mass is 10.0. The molecular formula is C26H21BrO6. The Bertz CT molecular complexity index is 1260. The van der Waals surface area contributed by atoms with Crippen LogP contribution in [0.2, 0.25) is 0 Å². The fourth-order valence-electron chi connectivity index (χ4n) is 3.52. The second-order valence-electron chi connectivity index (χ2n) is 7.39. The van der Waals surface area contributed by atoms with E-state index in [1.165, 1.54) is 0 Å².